The van der Waals surface area contributed by atoms with Crippen molar-refractivity contribution in [1.29, 1.82) is 0 Å². The first-order valence-corrected chi connectivity index (χ1v) is 13.7. The van der Waals surface area contributed by atoms with Gasteiger partial charge in [0.2, 0.25) is 14.2 Å². The third-order valence-corrected chi connectivity index (χ3v) is 5.56. The molecule has 0 spiro atoms. The predicted octanol–water partition coefficient (Wildman–Crippen LogP) is 5.34. The van der Waals surface area contributed by atoms with E-state index in [1.165, 1.54) is 19.9 Å². The highest BCUT2D eigenvalue weighted by atomic mass is 28.4. The number of allylic oxidation sites excluding steroid dienone is 1. The molecule has 0 radical (unpaired) electrons. The Bertz CT molecular complexity index is 685. The summed E-state index contributed by atoms with van der Waals surface area (Å²) in [6.45, 7) is 15.4. The van der Waals surface area contributed by atoms with Crippen molar-refractivity contribution in [3.63, 3.8) is 0 Å². The minimum atomic E-state index is -4.77. The molecule has 3 atom stereocenters. The molecule has 0 aromatic heterocycles. The lowest BCUT2D eigenvalue weighted by Gasteiger charge is -2.33. The third kappa shape index (κ3) is 7.59. The topological polar surface area (TPSA) is 65.1 Å². The summed E-state index contributed by atoms with van der Waals surface area (Å²) in [5, 5.41) is 0. The Kier molecular flexibility index (Phi) is 9.22. The Morgan fingerprint density at radius 3 is 2.29 bits per heavy atom. The van der Waals surface area contributed by atoms with Crippen LogP contribution in [-0.4, -0.2) is 50.6 Å². The number of imide groups is 1. The molecule has 2 amide bonds. The summed E-state index contributed by atoms with van der Waals surface area (Å²) < 4.78 is 58.6. The van der Waals surface area contributed by atoms with Crippen LogP contribution in [0.25, 0.3) is 0 Å². The summed E-state index contributed by atoms with van der Waals surface area (Å²) in [6.07, 6.45) is -3.48. The number of ether oxygens (including phenoxy) is 2. The first-order chi connectivity index (χ1) is 14.1. The second kappa shape index (κ2) is 10.6. The van der Waals surface area contributed by atoms with E-state index < -0.39 is 50.3 Å². The van der Waals surface area contributed by atoms with E-state index in [0.29, 0.717) is 0 Å². The molecule has 0 N–H and O–H groups in total. The SMILES string of the molecule is C=CCO/C(=C/[C@H]([C@H](C(=O)N1C(=O)OC[C@@H]1C(C)C)C(C)C)C(F)(F)F)O[Si](C)(C)C. The van der Waals surface area contributed by atoms with Crippen LogP contribution >= 0.6 is 0 Å². The number of carbonyl (C=O) groups is 2. The van der Waals surface area contributed by atoms with Crippen LogP contribution in [0.4, 0.5) is 18.0 Å². The van der Waals surface area contributed by atoms with Gasteiger partial charge in [-0.2, -0.15) is 13.2 Å². The number of carbonyl (C=O) groups excluding carboxylic acids is 2. The predicted molar refractivity (Wildman–Crippen MR) is 113 cm³/mol. The van der Waals surface area contributed by atoms with Gasteiger partial charge >= 0.3 is 12.3 Å². The Morgan fingerprint density at radius 2 is 1.87 bits per heavy atom. The molecule has 0 aliphatic carbocycles. The molecule has 1 heterocycles. The summed E-state index contributed by atoms with van der Waals surface area (Å²) in [7, 11) is -2.31. The zero-order valence-electron chi connectivity index (χ0n) is 19.3. The van der Waals surface area contributed by atoms with Gasteiger partial charge in [-0.05, 0) is 31.5 Å². The maximum atomic E-state index is 14.2. The van der Waals surface area contributed by atoms with Crippen LogP contribution in [0.1, 0.15) is 27.7 Å². The zero-order chi connectivity index (χ0) is 24.1. The van der Waals surface area contributed by atoms with Gasteiger partial charge in [0.15, 0.2) is 0 Å². The first kappa shape index (κ1) is 27.1. The van der Waals surface area contributed by atoms with Gasteiger partial charge in [0.05, 0.1) is 17.9 Å². The molecule has 178 valence electrons. The highest BCUT2D eigenvalue weighted by Crippen LogP contribution is 2.40. The summed E-state index contributed by atoms with van der Waals surface area (Å²) in [4.78, 5) is 26.3. The molecule has 0 bridgehead atoms. The van der Waals surface area contributed by atoms with Crippen molar-refractivity contribution in [3.8, 4) is 0 Å². The van der Waals surface area contributed by atoms with E-state index in [2.05, 4.69) is 6.58 Å². The first-order valence-electron chi connectivity index (χ1n) is 10.3. The second-order valence-electron chi connectivity index (χ2n) is 9.23. The lowest BCUT2D eigenvalue weighted by molar-refractivity contribution is -0.186. The van der Waals surface area contributed by atoms with Crippen molar-refractivity contribution >= 4 is 20.3 Å². The van der Waals surface area contributed by atoms with Gasteiger partial charge in [-0.1, -0.05) is 40.3 Å². The third-order valence-electron chi connectivity index (χ3n) is 4.75. The average molecular weight is 466 g/mol. The van der Waals surface area contributed by atoms with Crippen LogP contribution in [0.3, 0.4) is 0 Å². The smallest absolute Gasteiger partial charge is 0.416 e. The summed E-state index contributed by atoms with van der Waals surface area (Å²) in [6, 6.07) is -0.617. The summed E-state index contributed by atoms with van der Waals surface area (Å²) in [5.41, 5.74) is 0. The quantitative estimate of drug-likeness (QED) is 0.248. The van der Waals surface area contributed by atoms with Gasteiger partial charge in [-0.15, -0.1) is 0 Å². The summed E-state index contributed by atoms with van der Waals surface area (Å²) >= 11 is 0. The molecule has 0 aromatic carbocycles. The van der Waals surface area contributed by atoms with E-state index in [1.807, 2.05) is 0 Å². The average Bonchev–Trinajstić information content (AvgIpc) is 2.98. The molecular weight excluding hydrogens is 431 g/mol. The number of rotatable bonds is 10. The van der Waals surface area contributed by atoms with E-state index in [1.54, 1.807) is 33.5 Å². The molecule has 1 aliphatic heterocycles. The van der Waals surface area contributed by atoms with Crippen molar-refractivity contribution in [2.45, 2.75) is 59.6 Å². The van der Waals surface area contributed by atoms with Crippen molar-refractivity contribution in [2.75, 3.05) is 13.2 Å². The molecule has 1 fully saturated rings. The van der Waals surface area contributed by atoms with E-state index >= 15 is 0 Å². The molecule has 6 nitrogen and oxygen atoms in total. The van der Waals surface area contributed by atoms with Gasteiger partial charge in [0.25, 0.3) is 5.95 Å². The molecule has 1 saturated heterocycles. The van der Waals surface area contributed by atoms with Crippen LogP contribution in [0, 0.1) is 23.7 Å². The standard InChI is InChI=1S/C21H34F3NO5Si/c1-9-10-28-17(30-31(6,7)8)11-15(21(22,23)24)18(14(4)5)19(26)25-16(13(2)3)12-29-20(25)27/h9,11,13-16,18H,1,10,12H2,2-8H3/b17-11-/t15-,16-,18-/m1/s1. The van der Waals surface area contributed by atoms with Crippen molar-refractivity contribution < 1.29 is 36.7 Å². The van der Waals surface area contributed by atoms with Crippen LogP contribution in [0.15, 0.2) is 24.7 Å². The monoisotopic (exact) mass is 465 g/mol. The maximum absolute atomic E-state index is 14.2. The fourth-order valence-corrected chi connectivity index (χ4v) is 4.03. The van der Waals surface area contributed by atoms with E-state index in [4.69, 9.17) is 13.9 Å². The van der Waals surface area contributed by atoms with E-state index in [9.17, 15) is 22.8 Å². The Hall–Kier alpha value is -1.97. The minimum absolute atomic E-state index is 0.0357. The lowest BCUT2D eigenvalue weighted by atomic mass is 9.81. The highest BCUT2D eigenvalue weighted by molar-refractivity contribution is 6.70. The lowest BCUT2D eigenvalue weighted by Crippen LogP contribution is -2.49. The van der Waals surface area contributed by atoms with Gasteiger partial charge < -0.3 is 13.9 Å². The van der Waals surface area contributed by atoms with Gasteiger partial charge in [-0.3, -0.25) is 4.79 Å². The van der Waals surface area contributed by atoms with Crippen molar-refractivity contribution in [1.82, 2.24) is 4.90 Å². The molecule has 0 unspecified atom stereocenters. The number of amides is 2. The molecular formula is C21H34F3NO5Si. The molecule has 0 aromatic rings. The number of halogens is 3. The molecule has 0 saturated carbocycles. The van der Waals surface area contributed by atoms with Gasteiger partial charge in [-0.25, -0.2) is 9.69 Å². The Morgan fingerprint density at radius 1 is 1.29 bits per heavy atom. The van der Waals surface area contributed by atoms with Crippen LogP contribution in [-0.2, 0) is 18.7 Å². The van der Waals surface area contributed by atoms with Crippen LogP contribution in [0.2, 0.25) is 19.6 Å². The van der Waals surface area contributed by atoms with E-state index in [0.717, 1.165) is 11.0 Å². The molecule has 10 heteroatoms. The maximum Gasteiger partial charge on any atom is 0.416 e. The van der Waals surface area contributed by atoms with Crippen molar-refractivity contribution in [3.05, 3.63) is 24.7 Å². The largest absolute Gasteiger partial charge is 0.520 e. The fraction of sp³-hybridized carbons (Fsp3) is 0.714. The van der Waals surface area contributed by atoms with Crippen LogP contribution in [0.5, 0.6) is 0 Å². The minimum Gasteiger partial charge on any atom is -0.520 e. The number of cyclic esters (lactones) is 1. The zero-order valence-corrected chi connectivity index (χ0v) is 20.3. The highest BCUT2D eigenvalue weighted by Gasteiger charge is 2.52. The number of nitrogens with zero attached hydrogens (tertiary/aromatic N) is 1. The van der Waals surface area contributed by atoms with Crippen molar-refractivity contribution in [2.24, 2.45) is 23.7 Å². The van der Waals surface area contributed by atoms with Gasteiger partial charge in [0, 0.05) is 6.08 Å². The second-order valence-corrected chi connectivity index (χ2v) is 13.7. The fourth-order valence-electron chi connectivity index (χ4n) is 3.30. The number of hydrogen-bond donors (Lipinski definition) is 0. The van der Waals surface area contributed by atoms with E-state index in [-0.39, 0.29) is 25.1 Å². The molecule has 1 rings (SSSR count). The molecule has 1 aliphatic rings. The van der Waals surface area contributed by atoms with Gasteiger partial charge in [0.1, 0.15) is 13.2 Å². The Labute approximate surface area is 183 Å². The number of alkyl halides is 3. The normalized spacial score (nSPS) is 20.0. The Balaban J connectivity index is 3.47. The summed E-state index contributed by atoms with van der Waals surface area (Å²) in [5.74, 6) is -5.85. The molecule has 31 heavy (non-hydrogen) atoms. The van der Waals surface area contributed by atoms with Crippen LogP contribution < -0.4 is 0 Å². The number of hydrogen-bond acceptors (Lipinski definition) is 5.